The van der Waals surface area contributed by atoms with E-state index in [4.69, 9.17) is 4.74 Å². The maximum Gasteiger partial charge on any atom is 0.273 e. The first kappa shape index (κ1) is 21.0. The molecular weight excluding hydrogens is 420 g/mol. The number of phenolic OH excluding ortho intramolecular Hbond substituents is 1. The van der Waals surface area contributed by atoms with Gasteiger partial charge in [-0.3, -0.25) is 9.89 Å². The summed E-state index contributed by atoms with van der Waals surface area (Å²) in [6.45, 7) is 3.25. The van der Waals surface area contributed by atoms with Crippen molar-refractivity contribution in [2.45, 2.75) is 11.8 Å². The molecule has 0 atom stereocenters. The molecule has 1 fully saturated rings. The lowest BCUT2D eigenvalue weighted by Crippen LogP contribution is -2.40. The summed E-state index contributed by atoms with van der Waals surface area (Å²) in [4.78, 5) is 12.7. The summed E-state index contributed by atoms with van der Waals surface area (Å²) in [6, 6.07) is 12.7. The van der Waals surface area contributed by atoms with Crippen LogP contribution in [0.3, 0.4) is 0 Å². The topological polar surface area (TPSA) is 125 Å². The molecule has 1 aromatic heterocycles. The van der Waals surface area contributed by atoms with Crippen LogP contribution in [0.2, 0.25) is 0 Å². The lowest BCUT2D eigenvalue weighted by molar-refractivity contribution is 0.0730. The van der Waals surface area contributed by atoms with Gasteiger partial charge in [0.2, 0.25) is 10.0 Å². The van der Waals surface area contributed by atoms with Crippen molar-refractivity contribution >= 4 is 21.6 Å². The van der Waals surface area contributed by atoms with Gasteiger partial charge in [-0.1, -0.05) is 6.07 Å². The van der Waals surface area contributed by atoms with Crippen LogP contribution in [0, 0.1) is 6.92 Å². The number of phenols is 1. The fraction of sp³-hybridized carbons (Fsp3) is 0.238. The van der Waals surface area contributed by atoms with E-state index in [1.54, 1.807) is 12.1 Å². The normalized spacial score (nSPS) is 15.0. The zero-order valence-electron chi connectivity index (χ0n) is 16.8. The molecule has 2 aromatic carbocycles. The second kappa shape index (κ2) is 8.50. The summed E-state index contributed by atoms with van der Waals surface area (Å²) in [6.07, 6.45) is 0. The van der Waals surface area contributed by atoms with Crippen molar-refractivity contribution in [2.75, 3.05) is 31.6 Å². The molecular formula is C21H22N4O5S. The van der Waals surface area contributed by atoms with E-state index in [-0.39, 0.29) is 16.3 Å². The lowest BCUT2D eigenvalue weighted by Gasteiger charge is -2.26. The molecule has 1 aliphatic heterocycles. The van der Waals surface area contributed by atoms with Crippen LogP contribution in [0.15, 0.2) is 53.4 Å². The second-order valence-electron chi connectivity index (χ2n) is 7.18. The average molecular weight is 442 g/mol. The van der Waals surface area contributed by atoms with E-state index in [9.17, 15) is 18.3 Å². The van der Waals surface area contributed by atoms with Crippen molar-refractivity contribution in [3.05, 3.63) is 59.8 Å². The number of morpholine rings is 1. The molecule has 0 saturated carbocycles. The molecule has 9 nitrogen and oxygen atoms in total. The van der Waals surface area contributed by atoms with Crippen LogP contribution in [0.1, 0.15) is 16.1 Å². The van der Waals surface area contributed by atoms with Gasteiger partial charge in [0, 0.05) is 24.3 Å². The van der Waals surface area contributed by atoms with E-state index in [1.165, 1.54) is 34.6 Å². The van der Waals surface area contributed by atoms with Crippen LogP contribution in [0.4, 0.5) is 5.69 Å². The van der Waals surface area contributed by atoms with Crippen molar-refractivity contribution < 1.29 is 23.1 Å². The number of aromatic hydroxyl groups is 1. The number of carbonyl (C=O) groups excluding carboxylic acids is 1. The van der Waals surface area contributed by atoms with Gasteiger partial charge in [0.1, 0.15) is 11.4 Å². The van der Waals surface area contributed by atoms with Gasteiger partial charge < -0.3 is 15.2 Å². The molecule has 162 valence electrons. The molecule has 2 heterocycles. The van der Waals surface area contributed by atoms with Crippen LogP contribution in [-0.4, -0.2) is 60.2 Å². The van der Waals surface area contributed by atoms with Gasteiger partial charge in [-0.2, -0.15) is 9.40 Å². The van der Waals surface area contributed by atoms with Gasteiger partial charge in [-0.15, -0.1) is 0 Å². The highest BCUT2D eigenvalue weighted by Crippen LogP contribution is 2.29. The van der Waals surface area contributed by atoms with Crippen LogP contribution in [-0.2, 0) is 14.8 Å². The average Bonchev–Trinajstić information content (AvgIpc) is 3.25. The van der Waals surface area contributed by atoms with Crippen LogP contribution in [0.5, 0.6) is 5.75 Å². The molecule has 10 heteroatoms. The highest BCUT2D eigenvalue weighted by Gasteiger charge is 2.26. The number of sulfonamides is 1. The third kappa shape index (κ3) is 4.46. The Kier molecular flexibility index (Phi) is 5.77. The Balaban J connectivity index is 1.46. The standard InChI is InChI=1S/C21H22N4O5S/c1-14-2-7-17(20(26)12-14)18-13-19(24-23-18)21(27)22-15-3-5-16(6-4-15)31(28,29)25-8-10-30-11-9-25/h2-7,12-13,26H,8-11H2,1H3,(H,22,27)(H,23,24). The van der Waals surface area contributed by atoms with E-state index in [2.05, 4.69) is 15.5 Å². The number of carbonyl (C=O) groups is 1. The minimum Gasteiger partial charge on any atom is -0.507 e. The molecule has 0 spiro atoms. The summed E-state index contributed by atoms with van der Waals surface area (Å²) in [7, 11) is -3.59. The van der Waals surface area contributed by atoms with Gasteiger partial charge in [0.15, 0.2) is 0 Å². The molecule has 1 amide bonds. The van der Waals surface area contributed by atoms with Crippen molar-refractivity contribution in [3.8, 4) is 17.0 Å². The van der Waals surface area contributed by atoms with Gasteiger partial charge in [-0.25, -0.2) is 8.42 Å². The summed E-state index contributed by atoms with van der Waals surface area (Å²) in [5.41, 5.74) is 2.52. The first-order valence-corrected chi connectivity index (χ1v) is 11.1. The second-order valence-corrected chi connectivity index (χ2v) is 9.12. The minimum atomic E-state index is -3.59. The Morgan fingerprint density at radius 1 is 1.13 bits per heavy atom. The highest BCUT2D eigenvalue weighted by atomic mass is 32.2. The Labute approximate surface area is 179 Å². The van der Waals surface area contributed by atoms with Gasteiger partial charge >= 0.3 is 0 Å². The summed E-state index contributed by atoms with van der Waals surface area (Å²) >= 11 is 0. The molecule has 1 aliphatic rings. The van der Waals surface area contributed by atoms with E-state index in [0.29, 0.717) is 43.2 Å². The summed E-state index contributed by atoms with van der Waals surface area (Å²) in [5, 5.41) is 19.6. The number of rotatable bonds is 5. The van der Waals surface area contributed by atoms with E-state index >= 15 is 0 Å². The maximum atomic E-state index is 12.7. The van der Waals surface area contributed by atoms with Crippen LogP contribution >= 0.6 is 0 Å². The maximum absolute atomic E-state index is 12.7. The quantitative estimate of drug-likeness (QED) is 0.557. The molecule has 4 rings (SSSR count). The smallest absolute Gasteiger partial charge is 0.273 e. The first-order chi connectivity index (χ1) is 14.8. The van der Waals surface area contributed by atoms with E-state index < -0.39 is 15.9 Å². The Morgan fingerprint density at radius 2 is 1.84 bits per heavy atom. The van der Waals surface area contributed by atoms with Crippen molar-refractivity contribution in [3.63, 3.8) is 0 Å². The molecule has 0 radical (unpaired) electrons. The van der Waals surface area contributed by atoms with Crippen molar-refractivity contribution in [1.29, 1.82) is 0 Å². The molecule has 0 aliphatic carbocycles. The number of ether oxygens (including phenoxy) is 1. The predicted octanol–water partition coefficient (Wildman–Crippen LogP) is 2.36. The number of H-pyrrole nitrogens is 1. The number of aryl methyl sites for hydroxylation is 1. The molecule has 31 heavy (non-hydrogen) atoms. The number of aromatic nitrogens is 2. The lowest BCUT2D eigenvalue weighted by atomic mass is 10.1. The Morgan fingerprint density at radius 3 is 2.52 bits per heavy atom. The van der Waals surface area contributed by atoms with Crippen molar-refractivity contribution in [1.82, 2.24) is 14.5 Å². The number of anilines is 1. The molecule has 0 bridgehead atoms. The largest absolute Gasteiger partial charge is 0.507 e. The number of hydrogen-bond donors (Lipinski definition) is 3. The SMILES string of the molecule is Cc1ccc(-c2cc(C(=O)Nc3ccc(S(=O)(=O)N4CCOCC4)cc3)[nH]n2)c(O)c1. The van der Waals surface area contributed by atoms with Crippen molar-refractivity contribution in [2.24, 2.45) is 0 Å². The van der Waals surface area contributed by atoms with Crippen LogP contribution in [0.25, 0.3) is 11.3 Å². The van der Waals surface area contributed by atoms with E-state index in [1.807, 2.05) is 13.0 Å². The fourth-order valence-corrected chi connectivity index (χ4v) is 4.69. The van der Waals surface area contributed by atoms with E-state index in [0.717, 1.165) is 5.56 Å². The molecule has 3 N–H and O–H groups in total. The number of amides is 1. The van der Waals surface area contributed by atoms with Crippen LogP contribution < -0.4 is 5.32 Å². The number of nitrogens with zero attached hydrogens (tertiary/aromatic N) is 2. The fourth-order valence-electron chi connectivity index (χ4n) is 3.28. The third-order valence-corrected chi connectivity index (χ3v) is 6.88. The number of benzene rings is 2. The van der Waals surface area contributed by atoms with Gasteiger partial charge in [0.25, 0.3) is 5.91 Å². The first-order valence-electron chi connectivity index (χ1n) is 9.69. The monoisotopic (exact) mass is 442 g/mol. The Bertz CT molecular complexity index is 1200. The molecule has 3 aromatic rings. The third-order valence-electron chi connectivity index (χ3n) is 4.97. The predicted molar refractivity (Wildman–Crippen MR) is 114 cm³/mol. The Hall–Kier alpha value is -3.21. The molecule has 0 unspecified atom stereocenters. The number of aromatic amines is 1. The minimum absolute atomic E-state index is 0.0792. The number of nitrogens with one attached hydrogen (secondary N) is 2. The molecule has 1 saturated heterocycles. The zero-order valence-corrected chi connectivity index (χ0v) is 17.6. The zero-order chi connectivity index (χ0) is 22.0. The highest BCUT2D eigenvalue weighted by molar-refractivity contribution is 7.89. The summed E-state index contributed by atoms with van der Waals surface area (Å²) in [5.74, 6) is -0.357. The number of hydrogen-bond acceptors (Lipinski definition) is 6. The van der Waals surface area contributed by atoms with Gasteiger partial charge in [0.05, 0.1) is 23.8 Å². The van der Waals surface area contributed by atoms with Gasteiger partial charge in [-0.05, 0) is 55.0 Å². The summed E-state index contributed by atoms with van der Waals surface area (Å²) < 4.78 is 31.9.